The van der Waals surface area contributed by atoms with Crippen molar-refractivity contribution in [2.45, 2.75) is 19.4 Å². The maximum atomic E-state index is 11.8. The fraction of sp³-hybridized carbons (Fsp3) is 0.294. The zero-order valence-electron chi connectivity index (χ0n) is 13.5. The number of amides is 2. The third kappa shape index (κ3) is 6.44. The van der Waals surface area contributed by atoms with E-state index in [2.05, 4.69) is 16.0 Å². The van der Waals surface area contributed by atoms with Gasteiger partial charge in [0, 0.05) is 18.7 Å². The third-order valence-electron chi connectivity index (χ3n) is 3.28. The van der Waals surface area contributed by atoms with Crippen LogP contribution in [-0.2, 0) is 11.3 Å². The molecule has 1 aromatic carbocycles. The first-order chi connectivity index (χ1) is 11.2. The second-order valence-electron chi connectivity index (χ2n) is 5.11. The Hall–Kier alpha value is -2.31. The highest BCUT2D eigenvalue weighted by molar-refractivity contribution is 6.02. The van der Waals surface area contributed by atoms with Crippen molar-refractivity contribution in [1.29, 1.82) is 0 Å². The number of carbonyl (C=O) groups is 2. The Balaban J connectivity index is 0.00000288. The van der Waals surface area contributed by atoms with Crippen molar-refractivity contribution in [2.24, 2.45) is 0 Å². The van der Waals surface area contributed by atoms with Crippen LogP contribution in [0.15, 0.2) is 47.1 Å². The second kappa shape index (κ2) is 10.5. The van der Waals surface area contributed by atoms with Gasteiger partial charge in [0.15, 0.2) is 5.76 Å². The van der Waals surface area contributed by atoms with Crippen molar-refractivity contribution >= 4 is 29.9 Å². The molecule has 2 amide bonds. The smallest absolute Gasteiger partial charge is 0.291 e. The Morgan fingerprint density at radius 1 is 1.12 bits per heavy atom. The summed E-state index contributed by atoms with van der Waals surface area (Å²) in [6.45, 7) is 1.31. The average Bonchev–Trinajstić information content (AvgIpc) is 3.09. The van der Waals surface area contributed by atoms with E-state index in [9.17, 15) is 9.59 Å². The van der Waals surface area contributed by atoms with Gasteiger partial charge in [0.1, 0.15) is 0 Å². The molecule has 7 heteroatoms. The number of halogens is 1. The number of nitrogens with one attached hydrogen (secondary N) is 3. The van der Waals surface area contributed by atoms with E-state index in [1.165, 1.54) is 6.26 Å². The number of hydrogen-bond donors (Lipinski definition) is 3. The van der Waals surface area contributed by atoms with Gasteiger partial charge in [-0.15, -0.1) is 12.4 Å². The zero-order chi connectivity index (χ0) is 16.5. The molecule has 1 heterocycles. The molecule has 1 aromatic heterocycles. The van der Waals surface area contributed by atoms with Gasteiger partial charge in [-0.25, -0.2) is 0 Å². The zero-order valence-corrected chi connectivity index (χ0v) is 14.3. The number of benzene rings is 1. The van der Waals surface area contributed by atoms with Gasteiger partial charge in [-0.1, -0.05) is 12.1 Å². The molecule has 0 atom stereocenters. The molecule has 2 rings (SSSR count). The summed E-state index contributed by atoms with van der Waals surface area (Å²) >= 11 is 0. The lowest BCUT2D eigenvalue weighted by Gasteiger charge is -2.07. The van der Waals surface area contributed by atoms with Crippen LogP contribution >= 0.6 is 12.4 Å². The molecule has 0 bridgehead atoms. The first-order valence-electron chi connectivity index (χ1n) is 7.54. The van der Waals surface area contributed by atoms with Crippen molar-refractivity contribution in [2.75, 3.05) is 18.9 Å². The number of furan rings is 1. The fourth-order valence-electron chi connectivity index (χ4n) is 2.02. The van der Waals surface area contributed by atoms with E-state index in [1.54, 1.807) is 24.3 Å². The molecule has 0 aliphatic rings. The molecular weight excluding hydrogens is 330 g/mol. The molecule has 2 aromatic rings. The van der Waals surface area contributed by atoms with Crippen LogP contribution in [0.25, 0.3) is 0 Å². The number of rotatable bonds is 8. The fourth-order valence-corrected chi connectivity index (χ4v) is 2.02. The normalized spacial score (nSPS) is 9.88. The number of carbonyl (C=O) groups excluding carboxylic acids is 2. The summed E-state index contributed by atoms with van der Waals surface area (Å²) in [5.41, 5.74) is 1.65. The van der Waals surface area contributed by atoms with Crippen molar-refractivity contribution in [3.05, 3.63) is 54.0 Å². The van der Waals surface area contributed by atoms with Gasteiger partial charge in [0.2, 0.25) is 5.91 Å². The van der Waals surface area contributed by atoms with Crippen LogP contribution in [0.4, 0.5) is 5.69 Å². The molecule has 0 saturated heterocycles. The molecule has 0 aliphatic heterocycles. The van der Waals surface area contributed by atoms with Gasteiger partial charge in [-0.2, -0.15) is 0 Å². The summed E-state index contributed by atoms with van der Waals surface area (Å²) in [5.74, 6) is 0.0129. The predicted octanol–water partition coefficient (Wildman–Crippen LogP) is 2.57. The third-order valence-corrected chi connectivity index (χ3v) is 3.28. The lowest BCUT2D eigenvalue weighted by molar-refractivity contribution is -0.121. The first-order valence-corrected chi connectivity index (χ1v) is 7.54. The van der Waals surface area contributed by atoms with Crippen molar-refractivity contribution in [1.82, 2.24) is 10.6 Å². The van der Waals surface area contributed by atoms with Crippen LogP contribution in [0.1, 0.15) is 29.0 Å². The molecular formula is C17H22ClN3O3. The van der Waals surface area contributed by atoms with Gasteiger partial charge in [0.25, 0.3) is 5.91 Å². The Labute approximate surface area is 147 Å². The summed E-state index contributed by atoms with van der Waals surface area (Å²) in [7, 11) is 1.87. The van der Waals surface area contributed by atoms with Crippen molar-refractivity contribution in [3.63, 3.8) is 0 Å². The number of anilines is 1. The van der Waals surface area contributed by atoms with Crippen molar-refractivity contribution < 1.29 is 14.0 Å². The summed E-state index contributed by atoms with van der Waals surface area (Å²) in [6, 6.07) is 10.6. The van der Waals surface area contributed by atoms with E-state index in [0.29, 0.717) is 18.7 Å². The standard InChI is InChI=1S/C17H21N3O3.ClH/c1-18-10-2-5-16(21)19-12-13-6-8-14(9-7-13)20-17(22)15-4-3-11-23-15;/h3-4,6-9,11,18H,2,5,10,12H2,1H3,(H,19,21)(H,20,22);1H. The van der Waals surface area contributed by atoms with Crippen LogP contribution in [0.3, 0.4) is 0 Å². The average molecular weight is 352 g/mol. The quantitative estimate of drug-likeness (QED) is 0.638. The van der Waals surface area contributed by atoms with E-state index in [4.69, 9.17) is 4.42 Å². The Kier molecular flexibility index (Phi) is 8.60. The highest BCUT2D eigenvalue weighted by atomic mass is 35.5. The van der Waals surface area contributed by atoms with Gasteiger partial charge in [0.05, 0.1) is 6.26 Å². The summed E-state index contributed by atoms with van der Waals surface area (Å²) in [6.07, 6.45) is 2.79. The minimum Gasteiger partial charge on any atom is -0.459 e. The molecule has 0 spiro atoms. The lowest BCUT2D eigenvalue weighted by Crippen LogP contribution is -2.23. The molecule has 6 nitrogen and oxygen atoms in total. The van der Waals surface area contributed by atoms with Crippen LogP contribution in [0.5, 0.6) is 0 Å². The SMILES string of the molecule is CNCCCC(=O)NCc1ccc(NC(=O)c2ccco2)cc1.Cl. The van der Waals surface area contributed by atoms with E-state index < -0.39 is 0 Å². The predicted molar refractivity (Wildman–Crippen MR) is 95.4 cm³/mol. The summed E-state index contributed by atoms with van der Waals surface area (Å²) in [5, 5.41) is 8.62. The van der Waals surface area contributed by atoms with Crippen LogP contribution in [-0.4, -0.2) is 25.4 Å². The van der Waals surface area contributed by atoms with E-state index in [-0.39, 0.29) is 30.0 Å². The van der Waals surface area contributed by atoms with Crippen LogP contribution in [0.2, 0.25) is 0 Å². The monoisotopic (exact) mass is 351 g/mol. The molecule has 3 N–H and O–H groups in total. The molecule has 24 heavy (non-hydrogen) atoms. The number of hydrogen-bond acceptors (Lipinski definition) is 4. The maximum Gasteiger partial charge on any atom is 0.291 e. The summed E-state index contributed by atoms with van der Waals surface area (Å²) < 4.78 is 5.03. The highest BCUT2D eigenvalue weighted by Crippen LogP contribution is 2.11. The molecule has 0 saturated carbocycles. The van der Waals surface area contributed by atoms with Crippen molar-refractivity contribution in [3.8, 4) is 0 Å². The van der Waals surface area contributed by atoms with Crippen LogP contribution < -0.4 is 16.0 Å². The molecule has 0 unspecified atom stereocenters. The molecule has 0 fully saturated rings. The first kappa shape index (κ1) is 19.7. The van der Waals surface area contributed by atoms with Gasteiger partial charge in [-0.3, -0.25) is 9.59 Å². The van der Waals surface area contributed by atoms with E-state index in [0.717, 1.165) is 18.5 Å². The van der Waals surface area contributed by atoms with E-state index >= 15 is 0 Å². The lowest BCUT2D eigenvalue weighted by atomic mass is 10.2. The minimum absolute atomic E-state index is 0. The van der Waals surface area contributed by atoms with Gasteiger partial charge >= 0.3 is 0 Å². The van der Waals surface area contributed by atoms with Gasteiger partial charge < -0.3 is 20.4 Å². The maximum absolute atomic E-state index is 11.8. The molecule has 130 valence electrons. The largest absolute Gasteiger partial charge is 0.459 e. The van der Waals surface area contributed by atoms with Gasteiger partial charge in [-0.05, 0) is 49.8 Å². The topological polar surface area (TPSA) is 83.4 Å². The molecule has 0 aliphatic carbocycles. The Morgan fingerprint density at radius 2 is 1.88 bits per heavy atom. The van der Waals surface area contributed by atoms with Crippen LogP contribution in [0, 0.1) is 0 Å². The molecule has 0 radical (unpaired) electrons. The highest BCUT2D eigenvalue weighted by Gasteiger charge is 2.08. The Morgan fingerprint density at radius 3 is 2.50 bits per heavy atom. The Bertz CT molecular complexity index is 627. The summed E-state index contributed by atoms with van der Waals surface area (Å²) in [4.78, 5) is 23.5. The van der Waals surface area contributed by atoms with E-state index in [1.807, 2.05) is 19.2 Å². The second-order valence-corrected chi connectivity index (χ2v) is 5.11. The minimum atomic E-state index is -0.291.